The Labute approximate surface area is 161 Å². The summed E-state index contributed by atoms with van der Waals surface area (Å²) in [6, 6.07) is 0. The molecule has 4 aliphatic rings. The summed E-state index contributed by atoms with van der Waals surface area (Å²) in [5.74, 6) is 1.24. The van der Waals surface area contributed by atoms with Gasteiger partial charge in [-0.25, -0.2) is 8.42 Å². The van der Waals surface area contributed by atoms with Gasteiger partial charge in [0, 0.05) is 0 Å². The fraction of sp³-hybridized carbons (Fsp3) is 0.929. The molecule has 4 aliphatic carbocycles. The Kier molecular flexibility index (Phi) is 6.02. The molecule has 0 atom stereocenters. The smallest absolute Gasteiger partial charge is 0.538 e. The van der Waals surface area contributed by atoms with Crippen molar-refractivity contribution in [2.24, 2.45) is 23.2 Å². The van der Waals surface area contributed by atoms with Crippen LogP contribution in [0.2, 0.25) is 0 Å². The minimum Gasteiger partial charge on any atom is -0.538 e. The van der Waals surface area contributed by atoms with Crippen LogP contribution >= 0.6 is 0 Å². The molecule has 132 valence electrons. The summed E-state index contributed by atoms with van der Waals surface area (Å²) >= 11 is 0. The summed E-state index contributed by atoms with van der Waals surface area (Å²) in [6.45, 7) is -1.13. The van der Waals surface area contributed by atoms with Crippen LogP contribution in [0.25, 0.3) is 4.72 Å². The molecule has 10 heteroatoms. The Morgan fingerprint density at radius 3 is 1.96 bits per heavy atom. The second kappa shape index (κ2) is 7.06. The van der Waals surface area contributed by atoms with Crippen LogP contribution in [0.5, 0.6) is 0 Å². The van der Waals surface area contributed by atoms with Gasteiger partial charge in [0.1, 0.15) is 0 Å². The Morgan fingerprint density at radius 2 is 1.54 bits per heavy atom. The molecule has 0 heterocycles. The third-order valence-corrected chi connectivity index (χ3v) is 6.46. The van der Waals surface area contributed by atoms with Crippen LogP contribution < -0.4 is 29.6 Å². The van der Waals surface area contributed by atoms with E-state index in [4.69, 9.17) is 4.74 Å². The molecule has 0 aliphatic heterocycles. The third kappa shape index (κ3) is 3.95. The van der Waals surface area contributed by atoms with E-state index in [2.05, 4.69) is 4.72 Å². The predicted molar refractivity (Wildman–Crippen MR) is 74.8 cm³/mol. The second-order valence-corrected chi connectivity index (χ2v) is 8.78. The van der Waals surface area contributed by atoms with Crippen molar-refractivity contribution in [2.75, 3.05) is 13.2 Å². The van der Waals surface area contributed by atoms with Gasteiger partial charge in [0.25, 0.3) is 0 Å². The fourth-order valence-electron chi connectivity index (χ4n) is 4.88. The Bertz CT molecular complexity index is 558. The van der Waals surface area contributed by atoms with Crippen molar-refractivity contribution in [3.63, 3.8) is 0 Å². The van der Waals surface area contributed by atoms with E-state index in [1.165, 1.54) is 0 Å². The van der Waals surface area contributed by atoms with Gasteiger partial charge in [-0.3, -0.25) is 4.79 Å². The maximum absolute atomic E-state index is 12.4. The van der Waals surface area contributed by atoms with Crippen LogP contribution in [0.1, 0.15) is 38.5 Å². The Balaban J connectivity index is 0.00000208. The van der Waals surface area contributed by atoms with E-state index in [-0.39, 0.29) is 29.6 Å². The number of hydrogen-bond donors (Lipinski definition) is 0. The molecule has 4 saturated carbocycles. The molecule has 0 amide bonds. The van der Waals surface area contributed by atoms with Crippen LogP contribution in [0, 0.1) is 23.2 Å². The first-order valence-corrected chi connectivity index (χ1v) is 9.23. The van der Waals surface area contributed by atoms with E-state index in [0.717, 1.165) is 38.5 Å². The van der Waals surface area contributed by atoms with Crippen LogP contribution in [0.15, 0.2) is 0 Å². The SMILES string of the molecule is O=C(OCC[N-]S(=O)(=O)C(F)(F)F)C12CC3CC(CC(C3)C1)C2.[Na+]. The molecule has 4 rings (SSSR count). The Hall–Kier alpha value is 0.170. The van der Waals surface area contributed by atoms with Crippen LogP contribution in [0.3, 0.4) is 0 Å². The normalized spacial score (nSPS) is 34.7. The molecule has 5 nitrogen and oxygen atoms in total. The molecule has 0 aromatic carbocycles. The van der Waals surface area contributed by atoms with Gasteiger partial charge in [-0.15, -0.1) is 6.54 Å². The van der Waals surface area contributed by atoms with Gasteiger partial charge in [-0.2, -0.15) is 13.2 Å². The van der Waals surface area contributed by atoms with Crippen LogP contribution in [-0.4, -0.2) is 33.0 Å². The molecular formula is C14H19F3NNaO4S. The molecule has 24 heavy (non-hydrogen) atoms. The maximum Gasteiger partial charge on any atom is 1.00 e. The van der Waals surface area contributed by atoms with Crippen molar-refractivity contribution >= 4 is 16.0 Å². The summed E-state index contributed by atoms with van der Waals surface area (Å²) in [4.78, 5) is 12.4. The number of hydrogen-bond acceptors (Lipinski definition) is 4. The van der Waals surface area contributed by atoms with Gasteiger partial charge in [-0.1, -0.05) is 0 Å². The summed E-state index contributed by atoms with van der Waals surface area (Å²) in [6.07, 6.45) is 5.84. The van der Waals surface area contributed by atoms with E-state index in [1.807, 2.05) is 0 Å². The topological polar surface area (TPSA) is 74.5 Å². The van der Waals surface area contributed by atoms with E-state index in [9.17, 15) is 26.4 Å². The number of esters is 1. The molecule has 0 aromatic rings. The van der Waals surface area contributed by atoms with Gasteiger partial charge >= 0.3 is 41.0 Å². The molecule has 0 N–H and O–H groups in total. The zero-order valence-corrected chi connectivity index (χ0v) is 16.3. The van der Waals surface area contributed by atoms with Crippen molar-refractivity contribution in [3.05, 3.63) is 4.72 Å². The molecule has 0 unspecified atom stereocenters. The minimum atomic E-state index is -5.51. The molecular weight excluding hydrogens is 358 g/mol. The quantitative estimate of drug-likeness (QED) is 0.383. The van der Waals surface area contributed by atoms with Gasteiger partial charge in [0.15, 0.2) is 10.0 Å². The second-order valence-electron chi connectivity index (χ2n) is 7.11. The number of sulfonamides is 1. The zero-order chi connectivity index (χ0) is 16.9. The number of ether oxygens (including phenoxy) is 1. The summed E-state index contributed by atoms with van der Waals surface area (Å²) < 4.78 is 65.7. The molecule has 4 fully saturated rings. The van der Waals surface area contributed by atoms with Gasteiger partial charge in [-0.05, 0) is 56.3 Å². The molecule has 4 bridgehead atoms. The van der Waals surface area contributed by atoms with E-state index < -0.39 is 40.1 Å². The van der Waals surface area contributed by atoms with Gasteiger partial charge in [0.2, 0.25) is 0 Å². The average Bonchev–Trinajstić information content (AvgIpc) is 2.40. The number of rotatable bonds is 5. The summed E-state index contributed by atoms with van der Waals surface area (Å²) in [5, 5.41) is 0. The first-order chi connectivity index (χ1) is 10.6. The van der Waals surface area contributed by atoms with Crippen molar-refractivity contribution in [1.29, 1.82) is 0 Å². The standard InChI is InChI=1S/C14H19F3NO4S.Na/c15-14(16,17)23(20,21)18-1-2-22-12(19)13-6-9-3-10(7-13)5-11(4-9)8-13;/h9-11H,1-8H2;/q-1;+1. The van der Waals surface area contributed by atoms with Gasteiger partial charge < -0.3 is 9.46 Å². The molecule has 0 spiro atoms. The largest absolute Gasteiger partial charge is 1.00 e. The zero-order valence-electron chi connectivity index (χ0n) is 13.5. The molecule has 0 radical (unpaired) electrons. The monoisotopic (exact) mass is 377 g/mol. The van der Waals surface area contributed by atoms with Crippen molar-refractivity contribution in [3.8, 4) is 0 Å². The van der Waals surface area contributed by atoms with E-state index in [1.54, 1.807) is 0 Å². The number of carbonyl (C=O) groups excluding carboxylic acids is 1. The molecule has 0 aromatic heterocycles. The number of carbonyl (C=O) groups is 1. The van der Waals surface area contributed by atoms with Crippen LogP contribution in [0.4, 0.5) is 13.2 Å². The van der Waals surface area contributed by atoms with Crippen molar-refractivity contribution in [2.45, 2.75) is 44.0 Å². The maximum atomic E-state index is 12.4. The first kappa shape index (κ1) is 20.5. The number of alkyl halides is 3. The Morgan fingerprint density at radius 1 is 1.08 bits per heavy atom. The first-order valence-electron chi connectivity index (χ1n) is 7.79. The average molecular weight is 377 g/mol. The summed E-state index contributed by atoms with van der Waals surface area (Å²) in [7, 11) is -5.51. The van der Waals surface area contributed by atoms with Crippen LogP contribution in [-0.2, 0) is 19.6 Å². The predicted octanol–water partition coefficient (Wildman–Crippen LogP) is -0.0267. The molecule has 0 saturated heterocycles. The van der Waals surface area contributed by atoms with E-state index >= 15 is 0 Å². The number of nitrogens with zero attached hydrogens (tertiary/aromatic N) is 1. The minimum absolute atomic E-state index is 0. The third-order valence-electron chi connectivity index (χ3n) is 5.35. The number of halogens is 3. The van der Waals surface area contributed by atoms with Crippen molar-refractivity contribution in [1.82, 2.24) is 0 Å². The summed E-state index contributed by atoms with van der Waals surface area (Å²) in [5.41, 5.74) is -5.91. The van der Waals surface area contributed by atoms with Gasteiger partial charge in [0.05, 0.1) is 12.0 Å². The van der Waals surface area contributed by atoms with Crippen molar-refractivity contribution < 1.29 is 60.7 Å². The van der Waals surface area contributed by atoms with E-state index in [0.29, 0.717) is 17.8 Å². The fourth-order valence-corrected chi connectivity index (χ4v) is 5.34.